The summed E-state index contributed by atoms with van der Waals surface area (Å²) < 4.78 is 20.8. The van der Waals surface area contributed by atoms with Crippen molar-refractivity contribution in [1.82, 2.24) is 25.2 Å². The molecule has 4 aromatic rings. The monoisotopic (exact) mass is 663 g/mol. The Morgan fingerprint density at radius 1 is 1.18 bits per heavy atom. The fourth-order valence-electron chi connectivity index (χ4n) is 4.21. The third-order valence-electron chi connectivity index (χ3n) is 6.17. The predicted molar refractivity (Wildman–Crippen MR) is 148 cm³/mol. The number of nitrogens with one attached hydrogen (secondary N) is 2. The van der Waals surface area contributed by atoms with Crippen molar-refractivity contribution in [2.45, 2.75) is 24.6 Å². The first-order valence-corrected chi connectivity index (χ1v) is 13.9. The lowest BCUT2D eigenvalue weighted by molar-refractivity contribution is -0.129. The molecule has 0 radical (unpaired) electrons. The molecule has 3 atom stereocenters. The van der Waals surface area contributed by atoms with E-state index in [9.17, 15) is 19.1 Å². The van der Waals surface area contributed by atoms with Crippen molar-refractivity contribution < 1.29 is 28.9 Å². The van der Waals surface area contributed by atoms with Crippen LogP contribution in [0.2, 0.25) is 0 Å². The van der Waals surface area contributed by atoms with Gasteiger partial charge in [-0.25, -0.2) is 19.2 Å². The molecular weight excluding hydrogens is 640 g/mol. The molecule has 1 aliphatic rings. The van der Waals surface area contributed by atoms with E-state index in [0.717, 1.165) is 8.47 Å². The summed E-state index contributed by atoms with van der Waals surface area (Å²) in [6.45, 7) is -0.506. The van der Waals surface area contributed by atoms with Crippen LogP contribution in [0, 0.1) is 9.39 Å². The van der Waals surface area contributed by atoms with Crippen LogP contribution in [-0.4, -0.2) is 61.3 Å². The number of hydrogen-bond acceptors (Lipinski definition) is 8. The van der Waals surface area contributed by atoms with Gasteiger partial charge in [-0.3, -0.25) is 9.69 Å². The van der Waals surface area contributed by atoms with E-state index in [0.29, 0.717) is 34.1 Å². The minimum absolute atomic E-state index is 0.0851. The highest BCUT2D eigenvalue weighted by Gasteiger charge is 2.44. The maximum Gasteiger partial charge on any atom is 0.325 e. The molecule has 1 saturated heterocycles. The van der Waals surface area contributed by atoms with Crippen LogP contribution in [0.3, 0.4) is 0 Å². The summed E-state index contributed by atoms with van der Waals surface area (Å²) in [5.74, 6) is -0.122. The molecule has 1 aliphatic heterocycles. The lowest BCUT2D eigenvalue weighted by Crippen LogP contribution is -2.37. The molecule has 202 valence electrons. The number of hydrogen-bond donors (Lipinski definition) is 4. The molecule has 0 aliphatic carbocycles. The third kappa shape index (κ3) is 5.95. The first kappa shape index (κ1) is 27.2. The van der Waals surface area contributed by atoms with Gasteiger partial charge < -0.3 is 25.3 Å². The molecule has 3 amide bonds. The number of amides is 3. The van der Waals surface area contributed by atoms with E-state index in [-0.39, 0.29) is 13.0 Å². The molecule has 0 spiro atoms. The van der Waals surface area contributed by atoms with E-state index in [4.69, 9.17) is 9.84 Å². The van der Waals surface area contributed by atoms with Crippen LogP contribution in [0.1, 0.15) is 29.2 Å². The lowest BCUT2D eigenvalue weighted by atomic mass is 10.1. The molecule has 2 aromatic carbocycles. The zero-order chi connectivity index (χ0) is 27.5. The van der Waals surface area contributed by atoms with Crippen LogP contribution in [0.15, 0.2) is 59.6 Å². The summed E-state index contributed by atoms with van der Waals surface area (Å²) in [7, 11) is 0. The van der Waals surface area contributed by atoms with E-state index < -0.39 is 42.6 Å². The van der Waals surface area contributed by atoms with Crippen molar-refractivity contribution in [1.29, 1.82) is 0 Å². The number of aromatic amines is 1. The molecule has 0 saturated carbocycles. The number of imide groups is 1. The Bertz CT molecular complexity index is 1470. The van der Waals surface area contributed by atoms with Gasteiger partial charge in [-0.15, -0.1) is 11.3 Å². The first-order chi connectivity index (χ1) is 18.8. The molecule has 13 heteroatoms. The Hall–Kier alpha value is -3.40. The average Bonchev–Trinajstić information content (AvgIpc) is 3.68. The molecule has 0 unspecified atom stereocenters. The minimum atomic E-state index is -1.01. The van der Waals surface area contributed by atoms with Crippen molar-refractivity contribution >= 4 is 45.9 Å². The van der Waals surface area contributed by atoms with Gasteiger partial charge in [0.05, 0.1) is 29.7 Å². The van der Waals surface area contributed by atoms with Crippen molar-refractivity contribution in [2.75, 3.05) is 13.2 Å². The van der Waals surface area contributed by atoms with Gasteiger partial charge in [-0.2, -0.15) is 0 Å². The van der Waals surface area contributed by atoms with Gasteiger partial charge in [-0.05, 0) is 58.5 Å². The maximum atomic E-state index is 14.6. The Labute approximate surface area is 240 Å². The number of carbonyl (C=O) groups is 2. The smallest absolute Gasteiger partial charge is 0.325 e. The van der Waals surface area contributed by atoms with Crippen molar-refractivity contribution in [2.24, 2.45) is 0 Å². The molecule has 0 bridgehead atoms. The van der Waals surface area contributed by atoms with Gasteiger partial charge in [0, 0.05) is 20.9 Å². The molecule has 1 fully saturated rings. The van der Waals surface area contributed by atoms with Gasteiger partial charge in [0.15, 0.2) is 0 Å². The van der Waals surface area contributed by atoms with Crippen LogP contribution in [0.5, 0.6) is 5.75 Å². The van der Waals surface area contributed by atoms with Crippen LogP contribution in [-0.2, 0) is 11.2 Å². The minimum Gasteiger partial charge on any atom is -0.491 e. The second-order valence-corrected chi connectivity index (χ2v) is 10.8. The second kappa shape index (κ2) is 11.8. The summed E-state index contributed by atoms with van der Waals surface area (Å²) in [6.07, 6.45) is 0.696. The molecule has 5 rings (SSSR count). The zero-order valence-electron chi connectivity index (χ0n) is 20.3. The normalized spacial score (nSPS) is 16.8. The lowest BCUT2D eigenvalue weighted by Gasteiger charge is -2.23. The zero-order valence-corrected chi connectivity index (χ0v) is 23.2. The number of thiazole rings is 1. The van der Waals surface area contributed by atoms with Crippen molar-refractivity contribution in [3.05, 3.63) is 86.0 Å². The van der Waals surface area contributed by atoms with Crippen molar-refractivity contribution in [3.8, 4) is 17.0 Å². The van der Waals surface area contributed by atoms with E-state index in [1.807, 2.05) is 28.0 Å². The summed E-state index contributed by atoms with van der Waals surface area (Å²) in [5, 5.41) is 23.0. The number of aliphatic hydroxyl groups excluding tert-OH is 2. The van der Waals surface area contributed by atoms with Crippen LogP contribution in [0.25, 0.3) is 11.3 Å². The number of H-pyrrole nitrogens is 1. The number of nitrogens with zero attached hydrogens (tertiary/aromatic N) is 3. The standard InChI is InChI=1S/C26H23FIN5O5S/c27-20-7-15(28)3-6-19(20)21-9-29-24(31-21)22(8-16-12-39-13-30-16)33-25(36)23(32-26(33)37)14-1-4-18(5-2-14)38-11-17(35)10-34/h1-7,9,12-13,17,22-23,34-35H,8,10-11H2,(H,29,31)(H,32,37)/t17-,22+,23-/m1/s1. The fourth-order valence-corrected chi connectivity index (χ4v) is 5.24. The number of halogens is 2. The van der Waals surface area contributed by atoms with E-state index in [2.05, 4.69) is 20.3 Å². The van der Waals surface area contributed by atoms with Crippen LogP contribution < -0.4 is 10.1 Å². The summed E-state index contributed by atoms with van der Waals surface area (Å²) in [4.78, 5) is 39.7. The molecule has 39 heavy (non-hydrogen) atoms. The summed E-state index contributed by atoms with van der Waals surface area (Å²) in [6, 6.07) is 9.02. The highest BCUT2D eigenvalue weighted by Crippen LogP contribution is 2.33. The highest BCUT2D eigenvalue weighted by atomic mass is 127. The maximum absolute atomic E-state index is 14.6. The van der Waals surface area contributed by atoms with Gasteiger partial charge in [0.2, 0.25) is 0 Å². The largest absolute Gasteiger partial charge is 0.491 e. The Morgan fingerprint density at radius 3 is 2.67 bits per heavy atom. The topological polar surface area (TPSA) is 141 Å². The highest BCUT2D eigenvalue weighted by molar-refractivity contribution is 14.1. The Balaban J connectivity index is 1.41. The number of benzene rings is 2. The van der Waals surface area contributed by atoms with E-state index in [1.165, 1.54) is 23.6 Å². The quantitative estimate of drug-likeness (QED) is 0.150. The van der Waals surface area contributed by atoms with Crippen LogP contribution in [0.4, 0.5) is 9.18 Å². The van der Waals surface area contributed by atoms with Gasteiger partial charge in [0.25, 0.3) is 5.91 Å². The number of urea groups is 1. The Kier molecular flexibility index (Phi) is 8.20. The van der Waals surface area contributed by atoms with E-state index >= 15 is 0 Å². The van der Waals surface area contributed by atoms with Crippen LogP contribution >= 0.6 is 33.9 Å². The second-order valence-electron chi connectivity index (χ2n) is 8.81. The van der Waals surface area contributed by atoms with Gasteiger partial charge in [-0.1, -0.05) is 12.1 Å². The predicted octanol–water partition coefficient (Wildman–Crippen LogP) is 3.59. The number of carbonyl (C=O) groups excluding carboxylic acids is 2. The molecular formula is C26H23FIN5O5S. The fraction of sp³-hybridized carbons (Fsp3) is 0.231. The molecule has 3 heterocycles. The summed E-state index contributed by atoms with van der Waals surface area (Å²) in [5.41, 5.74) is 3.63. The molecule has 10 nitrogen and oxygen atoms in total. The number of aliphatic hydroxyl groups is 2. The average molecular weight is 663 g/mol. The molecule has 2 aromatic heterocycles. The SMILES string of the molecule is O=C1N[C@H](c2ccc(OC[C@H](O)CO)cc2)C(=O)N1[C@@H](Cc1cscn1)c1ncc(-c2ccc(I)cc2F)[nH]1. The summed E-state index contributed by atoms with van der Waals surface area (Å²) >= 11 is 3.42. The number of rotatable bonds is 10. The van der Waals surface area contributed by atoms with Gasteiger partial charge in [0.1, 0.15) is 42.2 Å². The molecule has 4 N–H and O–H groups in total. The van der Waals surface area contributed by atoms with Crippen molar-refractivity contribution in [3.63, 3.8) is 0 Å². The number of aromatic nitrogens is 3. The van der Waals surface area contributed by atoms with Gasteiger partial charge >= 0.3 is 6.03 Å². The Morgan fingerprint density at radius 2 is 1.97 bits per heavy atom. The first-order valence-electron chi connectivity index (χ1n) is 11.9. The van der Waals surface area contributed by atoms with E-state index in [1.54, 1.807) is 41.9 Å². The third-order valence-corrected chi connectivity index (χ3v) is 7.47. The number of imidazole rings is 1. The number of ether oxygens (including phenoxy) is 1.